The van der Waals surface area contributed by atoms with Crippen molar-refractivity contribution in [2.75, 3.05) is 6.54 Å². The maximum absolute atomic E-state index is 11.0. The normalized spacial score (nSPS) is 16.1. The quantitative estimate of drug-likeness (QED) is 0.602. The van der Waals surface area contributed by atoms with E-state index < -0.39 is 17.1 Å². The fourth-order valence-corrected chi connectivity index (χ4v) is 1.21. The zero-order chi connectivity index (χ0) is 12.1. The van der Waals surface area contributed by atoms with E-state index >= 15 is 0 Å². The second kappa shape index (κ2) is 5.47. The van der Waals surface area contributed by atoms with Gasteiger partial charge < -0.3 is 10.2 Å². The molecule has 0 rings (SSSR count). The Morgan fingerprint density at radius 2 is 1.67 bits per heavy atom. The van der Waals surface area contributed by atoms with E-state index in [2.05, 4.69) is 5.32 Å². The first kappa shape index (κ1) is 14.4. The summed E-state index contributed by atoms with van der Waals surface area (Å²) in [5.41, 5.74) is -1.75. The van der Waals surface area contributed by atoms with Gasteiger partial charge in [0.1, 0.15) is 5.54 Å². The van der Waals surface area contributed by atoms with Gasteiger partial charge in [-0.25, -0.2) is 0 Å². The van der Waals surface area contributed by atoms with Crippen LogP contribution in [0.2, 0.25) is 0 Å². The van der Waals surface area contributed by atoms with Crippen LogP contribution in [0.5, 0.6) is 0 Å². The van der Waals surface area contributed by atoms with Crippen molar-refractivity contribution in [1.29, 1.82) is 0 Å². The van der Waals surface area contributed by atoms with Gasteiger partial charge in [-0.3, -0.25) is 10.1 Å². The minimum atomic E-state index is -0.946. The summed E-state index contributed by atoms with van der Waals surface area (Å²) in [4.78, 5) is 11.0. The van der Waals surface area contributed by atoms with Gasteiger partial charge >= 0.3 is 5.97 Å². The zero-order valence-corrected chi connectivity index (χ0v) is 10.1. The molecule has 15 heavy (non-hydrogen) atoms. The molecule has 0 heterocycles. The molecule has 0 fully saturated rings. The molecular formula is C11H23NO3. The van der Waals surface area contributed by atoms with Gasteiger partial charge in [-0.15, -0.1) is 0 Å². The lowest BCUT2D eigenvalue weighted by atomic mass is 9.93. The lowest BCUT2D eigenvalue weighted by Gasteiger charge is -2.32. The minimum Gasteiger partial charge on any atom is -0.480 e. The highest BCUT2D eigenvalue weighted by atomic mass is 16.4. The first-order valence-electron chi connectivity index (χ1n) is 5.54. The summed E-state index contributed by atoms with van der Waals surface area (Å²) in [5.74, 6) is -0.875. The summed E-state index contributed by atoms with van der Waals surface area (Å²) in [7, 11) is 0. The van der Waals surface area contributed by atoms with E-state index in [4.69, 9.17) is 5.11 Å². The van der Waals surface area contributed by atoms with Gasteiger partial charge in [-0.2, -0.15) is 0 Å². The molecule has 0 aliphatic rings. The van der Waals surface area contributed by atoms with Gasteiger partial charge in [0.2, 0.25) is 0 Å². The number of carbonyl (C=O) groups is 1. The molecule has 0 aliphatic carbocycles. The molecule has 1 unspecified atom stereocenters. The highest BCUT2D eigenvalue weighted by molar-refractivity contribution is 5.78. The molecule has 4 nitrogen and oxygen atoms in total. The summed E-state index contributed by atoms with van der Waals surface area (Å²) >= 11 is 0. The fourth-order valence-electron chi connectivity index (χ4n) is 1.21. The largest absolute Gasteiger partial charge is 0.480 e. The predicted octanol–water partition coefficient (Wildman–Crippen LogP) is 1.38. The van der Waals surface area contributed by atoms with Crippen LogP contribution in [0.15, 0.2) is 0 Å². The maximum Gasteiger partial charge on any atom is 0.323 e. The third-order valence-corrected chi connectivity index (χ3v) is 3.30. The van der Waals surface area contributed by atoms with E-state index in [0.29, 0.717) is 25.8 Å². The molecule has 0 amide bonds. The molecule has 4 heteroatoms. The smallest absolute Gasteiger partial charge is 0.323 e. The van der Waals surface area contributed by atoms with E-state index in [0.717, 1.165) is 0 Å². The van der Waals surface area contributed by atoms with Crippen LogP contribution < -0.4 is 5.32 Å². The van der Waals surface area contributed by atoms with Crippen LogP contribution in [0.3, 0.4) is 0 Å². The van der Waals surface area contributed by atoms with Gasteiger partial charge in [0, 0.05) is 6.54 Å². The third kappa shape index (κ3) is 3.80. The number of hydrogen-bond donors (Lipinski definition) is 3. The summed E-state index contributed by atoms with van der Waals surface area (Å²) in [5, 5.41) is 22.0. The zero-order valence-electron chi connectivity index (χ0n) is 10.1. The Labute approximate surface area is 91.7 Å². The van der Waals surface area contributed by atoms with E-state index in [-0.39, 0.29) is 0 Å². The van der Waals surface area contributed by atoms with E-state index in [1.807, 2.05) is 20.8 Å². The topological polar surface area (TPSA) is 69.6 Å². The second-order valence-electron chi connectivity index (χ2n) is 4.28. The molecule has 0 saturated carbocycles. The van der Waals surface area contributed by atoms with Crippen LogP contribution >= 0.6 is 0 Å². The van der Waals surface area contributed by atoms with Gasteiger partial charge in [0.15, 0.2) is 0 Å². The standard InChI is InChI=1S/C11H23NO3/c1-5-10(4,9(13)14)12-8-11(15,6-2)7-3/h12,15H,5-8H2,1-4H3,(H,13,14). The van der Waals surface area contributed by atoms with Gasteiger partial charge in [-0.1, -0.05) is 20.8 Å². The first-order chi connectivity index (χ1) is 6.83. The lowest BCUT2D eigenvalue weighted by molar-refractivity contribution is -0.144. The van der Waals surface area contributed by atoms with Gasteiger partial charge in [0.05, 0.1) is 5.60 Å². The molecular weight excluding hydrogens is 194 g/mol. The Hall–Kier alpha value is -0.610. The van der Waals surface area contributed by atoms with Gasteiger partial charge in [-0.05, 0) is 26.2 Å². The summed E-state index contributed by atoms with van der Waals surface area (Å²) in [6, 6.07) is 0. The SMILES string of the molecule is CCC(O)(CC)CNC(C)(CC)C(=O)O. The fraction of sp³-hybridized carbons (Fsp3) is 0.909. The lowest BCUT2D eigenvalue weighted by Crippen LogP contribution is -2.54. The summed E-state index contributed by atoms with van der Waals surface area (Å²) < 4.78 is 0. The van der Waals surface area contributed by atoms with Crippen molar-refractivity contribution in [1.82, 2.24) is 5.32 Å². The monoisotopic (exact) mass is 217 g/mol. The number of carboxylic acid groups (broad SMARTS) is 1. The molecule has 3 N–H and O–H groups in total. The number of rotatable bonds is 7. The van der Waals surface area contributed by atoms with Crippen LogP contribution in [0.25, 0.3) is 0 Å². The van der Waals surface area contributed by atoms with Gasteiger partial charge in [0.25, 0.3) is 0 Å². The first-order valence-corrected chi connectivity index (χ1v) is 5.54. The highest BCUT2D eigenvalue weighted by Gasteiger charge is 2.33. The molecule has 0 aromatic rings. The maximum atomic E-state index is 11.0. The number of aliphatic carboxylic acids is 1. The Morgan fingerprint density at radius 3 is 1.93 bits per heavy atom. The molecule has 0 bridgehead atoms. The Kier molecular flexibility index (Phi) is 5.24. The van der Waals surface area contributed by atoms with Crippen LogP contribution in [0.4, 0.5) is 0 Å². The predicted molar refractivity (Wildman–Crippen MR) is 59.9 cm³/mol. The van der Waals surface area contributed by atoms with Crippen LogP contribution in [0.1, 0.15) is 47.0 Å². The Morgan fingerprint density at radius 1 is 1.20 bits per heavy atom. The summed E-state index contributed by atoms with van der Waals surface area (Å²) in [6.07, 6.45) is 1.73. The van der Waals surface area contributed by atoms with Crippen LogP contribution in [-0.2, 0) is 4.79 Å². The number of hydrogen-bond acceptors (Lipinski definition) is 3. The second-order valence-corrected chi connectivity index (χ2v) is 4.28. The number of β-amino-alcohol motifs (C(OH)–C–C–N with tert-alkyl or cyclic N) is 1. The van der Waals surface area contributed by atoms with Crippen molar-refractivity contribution in [3.05, 3.63) is 0 Å². The van der Waals surface area contributed by atoms with Crippen LogP contribution in [-0.4, -0.2) is 33.9 Å². The Bertz CT molecular complexity index is 214. The molecule has 90 valence electrons. The van der Waals surface area contributed by atoms with Crippen molar-refractivity contribution in [3.8, 4) is 0 Å². The number of nitrogens with one attached hydrogen (secondary N) is 1. The van der Waals surface area contributed by atoms with Crippen molar-refractivity contribution in [2.45, 2.75) is 58.1 Å². The van der Waals surface area contributed by atoms with Crippen molar-refractivity contribution < 1.29 is 15.0 Å². The molecule has 1 atom stereocenters. The molecule has 0 saturated heterocycles. The summed E-state index contributed by atoms with van der Waals surface area (Å²) in [6.45, 7) is 7.57. The van der Waals surface area contributed by atoms with Crippen LogP contribution in [0, 0.1) is 0 Å². The molecule has 0 aromatic carbocycles. The highest BCUT2D eigenvalue weighted by Crippen LogP contribution is 2.16. The minimum absolute atomic E-state index is 0.316. The molecule has 0 aromatic heterocycles. The Balaban J connectivity index is 4.40. The number of aliphatic hydroxyl groups is 1. The van der Waals surface area contributed by atoms with E-state index in [9.17, 15) is 9.90 Å². The van der Waals surface area contributed by atoms with E-state index in [1.54, 1.807) is 6.92 Å². The molecule has 0 spiro atoms. The average molecular weight is 217 g/mol. The van der Waals surface area contributed by atoms with Crippen molar-refractivity contribution >= 4 is 5.97 Å². The number of carboxylic acids is 1. The third-order valence-electron chi connectivity index (χ3n) is 3.30. The molecule has 0 radical (unpaired) electrons. The van der Waals surface area contributed by atoms with Crippen molar-refractivity contribution in [2.24, 2.45) is 0 Å². The van der Waals surface area contributed by atoms with E-state index in [1.165, 1.54) is 0 Å². The average Bonchev–Trinajstić information content (AvgIpc) is 2.25. The van der Waals surface area contributed by atoms with Crippen molar-refractivity contribution in [3.63, 3.8) is 0 Å². The molecule has 0 aliphatic heterocycles.